The van der Waals surface area contributed by atoms with Crippen LogP contribution in [0.4, 0.5) is 0 Å². The number of rotatable bonds is 12. The highest BCUT2D eigenvalue weighted by Gasteiger charge is 2.29. The van der Waals surface area contributed by atoms with E-state index in [4.69, 9.17) is 28.4 Å². The molecule has 76 heavy (non-hydrogen) atoms. The molecule has 1 aliphatic rings. The highest BCUT2D eigenvalue weighted by Crippen LogP contribution is 2.44. The Bertz CT molecular complexity index is 3010. The molecule has 10 heteroatoms. The third kappa shape index (κ3) is 12.4. The molecule has 0 N–H and O–H groups in total. The topological polar surface area (TPSA) is 151 Å². The molecule has 0 aromatic heterocycles. The monoisotopic (exact) mass is 1020 g/mol. The number of methoxy groups -OCH3 is 2. The molecule has 0 spiro atoms. The van der Waals surface area contributed by atoms with Crippen molar-refractivity contribution in [2.75, 3.05) is 40.6 Å². The fourth-order valence-electron chi connectivity index (χ4n) is 9.83. The van der Waals surface area contributed by atoms with Crippen molar-refractivity contribution in [2.45, 2.75) is 130 Å². The molecule has 0 aliphatic heterocycles. The minimum atomic E-state index is -0.235. The van der Waals surface area contributed by atoms with Crippen molar-refractivity contribution in [1.82, 2.24) is 0 Å². The Hall–Kier alpha value is -7.92. The summed E-state index contributed by atoms with van der Waals surface area (Å²) in [5.74, 6) is 3.70. The highest BCUT2D eigenvalue weighted by molar-refractivity contribution is 5.61. The van der Waals surface area contributed by atoms with Crippen molar-refractivity contribution in [3.63, 3.8) is 0 Å². The van der Waals surface area contributed by atoms with E-state index < -0.39 is 0 Å². The summed E-state index contributed by atoms with van der Waals surface area (Å²) in [5.41, 5.74) is 12.6. The average molecular weight is 1020 g/mol. The lowest BCUT2D eigenvalue weighted by molar-refractivity contribution is 0.214. The van der Waals surface area contributed by atoms with Crippen LogP contribution in [0.25, 0.3) is 0 Å². The van der Waals surface area contributed by atoms with E-state index in [0.29, 0.717) is 37.2 Å². The van der Waals surface area contributed by atoms with Crippen LogP contribution in [0.2, 0.25) is 0 Å². The first-order valence-corrected chi connectivity index (χ1v) is 26.0. The lowest BCUT2D eigenvalue weighted by atomic mass is 9.79. The molecule has 0 amide bonds. The van der Waals surface area contributed by atoms with Gasteiger partial charge in [-0.3, -0.25) is 0 Å². The summed E-state index contributed by atoms with van der Waals surface area (Å²) in [6, 6.07) is 36.7. The number of benzene rings is 6. The van der Waals surface area contributed by atoms with E-state index in [0.717, 1.165) is 89.8 Å². The Balaban J connectivity index is 1.48. The molecular formula is C66H72N4O6. The molecule has 7 rings (SSSR count). The van der Waals surface area contributed by atoms with E-state index in [-0.39, 0.29) is 70.3 Å². The number of fused-ring (bicyclic) bond motifs is 8. The Morgan fingerprint density at radius 2 is 0.605 bits per heavy atom. The first kappa shape index (κ1) is 55.8. The van der Waals surface area contributed by atoms with E-state index in [1.54, 1.807) is 50.6 Å². The minimum absolute atomic E-state index is 0.129. The second-order valence-corrected chi connectivity index (χ2v) is 23.8. The van der Waals surface area contributed by atoms with Crippen molar-refractivity contribution in [3.8, 4) is 58.8 Å². The van der Waals surface area contributed by atoms with Gasteiger partial charge in [0.05, 0.1) is 25.3 Å². The average Bonchev–Trinajstić information content (AvgIpc) is 3.35. The molecule has 0 unspecified atom stereocenters. The molecule has 0 saturated heterocycles. The van der Waals surface area contributed by atoms with Crippen LogP contribution in [0, 0.1) is 45.3 Å². The van der Waals surface area contributed by atoms with Crippen molar-refractivity contribution in [1.29, 1.82) is 21.0 Å². The Morgan fingerprint density at radius 1 is 0.355 bits per heavy atom. The first-order valence-electron chi connectivity index (χ1n) is 26.0. The van der Waals surface area contributed by atoms with Crippen molar-refractivity contribution in [2.24, 2.45) is 0 Å². The van der Waals surface area contributed by atoms with Crippen LogP contribution in [0.3, 0.4) is 0 Å². The molecule has 10 nitrogen and oxygen atoms in total. The van der Waals surface area contributed by atoms with Gasteiger partial charge in [0.2, 0.25) is 0 Å². The third-order valence-electron chi connectivity index (χ3n) is 14.1. The van der Waals surface area contributed by atoms with Gasteiger partial charge in [-0.1, -0.05) is 144 Å². The molecule has 1 aliphatic carbocycles. The van der Waals surface area contributed by atoms with E-state index in [2.05, 4.69) is 156 Å². The molecule has 6 aromatic rings. The van der Waals surface area contributed by atoms with E-state index in [1.807, 2.05) is 0 Å². The van der Waals surface area contributed by atoms with Gasteiger partial charge in [0.25, 0.3) is 0 Å². The van der Waals surface area contributed by atoms with Crippen LogP contribution in [-0.4, -0.2) is 40.6 Å². The van der Waals surface area contributed by atoms with Crippen molar-refractivity contribution < 1.29 is 28.4 Å². The Morgan fingerprint density at radius 3 is 0.829 bits per heavy atom. The summed E-state index contributed by atoms with van der Waals surface area (Å²) < 4.78 is 39.5. The van der Waals surface area contributed by atoms with Gasteiger partial charge in [-0.15, -0.1) is 0 Å². The number of nitriles is 4. The van der Waals surface area contributed by atoms with Crippen LogP contribution in [-0.2, 0) is 47.3 Å². The van der Waals surface area contributed by atoms with Crippen molar-refractivity contribution in [3.05, 3.63) is 174 Å². The Labute approximate surface area is 451 Å². The molecule has 0 heterocycles. The highest BCUT2D eigenvalue weighted by atomic mass is 16.5. The lowest BCUT2D eigenvalue weighted by Gasteiger charge is -2.29. The van der Waals surface area contributed by atoms with Gasteiger partial charge >= 0.3 is 0 Å². The maximum Gasteiger partial charge on any atom is 0.138 e. The predicted molar refractivity (Wildman–Crippen MR) is 299 cm³/mol. The Kier molecular flexibility index (Phi) is 16.5. The van der Waals surface area contributed by atoms with Gasteiger partial charge in [0.15, 0.2) is 0 Å². The van der Waals surface area contributed by atoms with Crippen LogP contribution >= 0.6 is 0 Å². The number of hydrogen-bond acceptors (Lipinski definition) is 10. The van der Waals surface area contributed by atoms with Gasteiger partial charge in [-0.25, -0.2) is 0 Å². The summed E-state index contributed by atoms with van der Waals surface area (Å²) in [5, 5.41) is 39.4. The van der Waals surface area contributed by atoms with Gasteiger partial charge in [-0.2, -0.15) is 21.0 Å². The summed E-state index contributed by atoms with van der Waals surface area (Å²) >= 11 is 0. The summed E-state index contributed by atoms with van der Waals surface area (Å²) in [6.07, 6.45) is 1.91. The normalized spacial score (nSPS) is 12.6. The number of ether oxygens (including phenoxy) is 6. The van der Waals surface area contributed by atoms with Gasteiger partial charge < -0.3 is 28.4 Å². The summed E-state index contributed by atoms with van der Waals surface area (Å²) in [6.45, 7) is 27.4. The molecule has 0 saturated carbocycles. The first-order chi connectivity index (χ1) is 35.9. The molecule has 0 fully saturated rings. The third-order valence-corrected chi connectivity index (χ3v) is 14.1. The SMILES string of the molecule is COc1c2cc(C(C)(C)C)cc1Cc1cc(C(C)(C)C)cc(c1OCCOc1cccc(C#N)c1C#N)Cc1cc(C(C)(C)C)cc(c1OC)Cc1cc(C(C)(C)C)cc(c1OCCOc1cccc(C#N)c1C#N)C2. The largest absolute Gasteiger partial charge is 0.496 e. The number of hydrogen-bond donors (Lipinski definition) is 0. The van der Waals surface area contributed by atoms with E-state index in [9.17, 15) is 21.0 Å². The number of nitrogens with zero attached hydrogens (tertiary/aromatic N) is 4. The summed E-state index contributed by atoms with van der Waals surface area (Å²) in [4.78, 5) is 0. The van der Waals surface area contributed by atoms with E-state index >= 15 is 0 Å². The maximum atomic E-state index is 9.97. The zero-order valence-corrected chi connectivity index (χ0v) is 47.0. The fraction of sp³-hybridized carbons (Fsp3) is 0.394. The second kappa shape index (κ2) is 22.5. The standard InChI is InChI=1S/C66H72N4O6/c1-63(2,3)51-29-43-25-47-33-53(65(7,8)9)35-49(61(47)75-23-21-73-57-19-15-17-41(37-67)55(57)39-69)27-45-31-52(64(4,5)6)32-46(60(45)72-14)28-50-36-54(66(10,11)12)34-48(26-44(30-51)59(43)71-13)62(50)76-24-22-74-58-20-16-18-42(38-68)56(58)40-70/h15-20,29-36H,21-28H2,1-14H3. The minimum Gasteiger partial charge on any atom is -0.496 e. The zero-order chi connectivity index (χ0) is 55.3. The zero-order valence-electron chi connectivity index (χ0n) is 47.0. The van der Waals surface area contributed by atoms with Gasteiger partial charge in [0, 0.05) is 25.7 Å². The molecule has 0 atom stereocenters. The molecule has 392 valence electrons. The quantitative estimate of drug-likeness (QED) is 0.108. The molecule has 0 radical (unpaired) electrons. The van der Waals surface area contributed by atoms with Crippen LogP contribution < -0.4 is 28.4 Å². The molecular weight excluding hydrogens is 945 g/mol. The second-order valence-electron chi connectivity index (χ2n) is 23.8. The van der Waals surface area contributed by atoms with Crippen molar-refractivity contribution >= 4 is 0 Å². The van der Waals surface area contributed by atoms with Gasteiger partial charge in [0.1, 0.15) is 96.3 Å². The van der Waals surface area contributed by atoms with Crippen LogP contribution in [0.5, 0.6) is 34.5 Å². The molecule has 8 bridgehead atoms. The smallest absolute Gasteiger partial charge is 0.138 e. The van der Waals surface area contributed by atoms with Crippen LogP contribution in [0.1, 0.15) is 172 Å². The fourth-order valence-corrected chi connectivity index (χ4v) is 9.83. The van der Waals surface area contributed by atoms with Crippen LogP contribution in [0.15, 0.2) is 84.9 Å². The lowest BCUT2D eigenvalue weighted by Crippen LogP contribution is -2.18. The maximum absolute atomic E-state index is 9.97. The van der Waals surface area contributed by atoms with E-state index in [1.165, 1.54) is 0 Å². The summed E-state index contributed by atoms with van der Waals surface area (Å²) in [7, 11) is 3.49. The molecule has 6 aromatic carbocycles. The van der Waals surface area contributed by atoms with Gasteiger partial charge in [-0.05, 0) is 113 Å². The predicted octanol–water partition coefficient (Wildman–Crippen LogP) is 14.0.